The largest absolute Gasteiger partial charge is 0.356 e. The molecule has 1 aliphatic carbocycles. The fraction of sp³-hybridized carbons (Fsp3) is 0.400. The number of aromatic nitrogens is 2. The van der Waals surface area contributed by atoms with E-state index < -0.39 is 0 Å². The Hall–Kier alpha value is -1.40. The smallest absolute Gasteiger partial charge is 0.240 e. The Balaban J connectivity index is 2.15. The molecular weight excluding hydrogens is 222 g/mol. The summed E-state index contributed by atoms with van der Waals surface area (Å²) in [7, 11) is 2.08. The van der Waals surface area contributed by atoms with Crippen molar-refractivity contribution in [3.8, 4) is 0 Å². The van der Waals surface area contributed by atoms with E-state index in [1.165, 1.54) is 12.8 Å². The summed E-state index contributed by atoms with van der Waals surface area (Å²) in [6, 6.07) is 2.69. The molecule has 1 fully saturated rings. The van der Waals surface area contributed by atoms with Gasteiger partial charge in [0, 0.05) is 13.1 Å². The second-order valence-corrected chi connectivity index (χ2v) is 4.89. The highest BCUT2D eigenvalue weighted by molar-refractivity contribution is 7.16. The van der Waals surface area contributed by atoms with E-state index in [1.807, 2.05) is 5.38 Å². The van der Waals surface area contributed by atoms with Gasteiger partial charge in [0.05, 0.1) is 5.39 Å². The first-order valence-electron chi connectivity index (χ1n) is 5.24. The van der Waals surface area contributed by atoms with E-state index in [1.54, 1.807) is 11.3 Å². The first kappa shape index (κ1) is 9.80. The molecule has 0 bridgehead atoms. The Morgan fingerprint density at radius 2 is 2.31 bits per heavy atom. The minimum atomic E-state index is 0.484. The number of nitrogens with two attached hydrogens (primary N) is 1. The highest BCUT2D eigenvalue weighted by Crippen LogP contribution is 2.34. The monoisotopic (exact) mass is 235 g/mol. The van der Waals surface area contributed by atoms with Crippen LogP contribution in [0.5, 0.6) is 0 Å². The topological polar surface area (TPSA) is 67.1 Å². The van der Waals surface area contributed by atoms with Gasteiger partial charge in [-0.1, -0.05) is 0 Å². The molecule has 0 aliphatic heterocycles. The maximum Gasteiger partial charge on any atom is 0.240 e. The second-order valence-electron chi connectivity index (χ2n) is 4.00. The Morgan fingerprint density at radius 1 is 1.50 bits per heavy atom. The Labute approximate surface area is 97.3 Å². The number of hydrogen-bond acceptors (Lipinski definition) is 6. The van der Waals surface area contributed by atoms with Crippen LogP contribution in [0.3, 0.4) is 0 Å². The maximum atomic E-state index is 5.38. The van der Waals surface area contributed by atoms with Gasteiger partial charge in [-0.2, -0.15) is 4.98 Å². The number of nitrogens with one attached hydrogen (secondary N) is 1. The molecule has 0 aromatic carbocycles. The van der Waals surface area contributed by atoms with Gasteiger partial charge < -0.3 is 4.90 Å². The summed E-state index contributed by atoms with van der Waals surface area (Å²) in [5.41, 5.74) is 2.52. The summed E-state index contributed by atoms with van der Waals surface area (Å²) in [4.78, 5) is 12.0. The molecule has 1 saturated carbocycles. The van der Waals surface area contributed by atoms with Crippen molar-refractivity contribution in [3.05, 3.63) is 11.4 Å². The number of anilines is 2. The first-order chi connectivity index (χ1) is 7.79. The molecule has 6 heteroatoms. The molecule has 16 heavy (non-hydrogen) atoms. The summed E-state index contributed by atoms with van der Waals surface area (Å²) in [6.07, 6.45) is 2.50. The first-order valence-corrected chi connectivity index (χ1v) is 6.12. The minimum absolute atomic E-state index is 0.484. The van der Waals surface area contributed by atoms with Gasteiger partial charge in [-0.25, -0.2) is 10.8 Å². The van der Waals surface area contributed by atoms with Crippen molar-refractivity contribution >= 4 is 33.3 Å². The lowest BCUT2D eigenvalue weighted by Gasteiger charge is -2.18. The van der Waals surface area contributed by atoms with Crippen molar-refractivity contribution in [1.82, 2.24) is 9.97 Å². The van der Waals surface area contributed by atoms with Crippen LogP contribution in [0.1, 0.15) is 12.8 Å². The van der Waals surface area contributed by atoms with Gasteiger partial charge in [0.25, 0.3) is 0 Å². The van der Waals surface area contributed by atoms with Crippen LogP contribution in [0.25, 0.3) is 10.2 Å². The van der Waals surface area contributed by atoms with Gasteiger partial charge >= 0.3 is 0 Å². The number of hydrogen-bond donors (Lipinski definition) is 2. The Morgan fingerprint density at radius 3 is 3.00 bits per heavy atom. The zero-order chi connectivity index (χ0) is 11.1. The zero-order valence-corrected chi connectivity index (χ0v) is 9.79. The molecule has 2 aromatic heterocycles. The van der Waals surface area contributed by atoms with Crippen molar-refractivity contribution in [2.24, 2.45) is 5.84 Å². The molecule has 2 heterocycles. The van der Waals surface area contributed by atoms with Crippen LogP contribution >= 0.6 is 11.3 Å². The standard InChI is InChI=1S/C10H13N5S/c1-15(6-2-3-6)8-7-4-5-16-9(7)13-10(12-8)14-11/h4-6H,2-3,11H2,1H3,(H,12,13,14). The van der Waals surface area contributed by atoms with Gasteiger partial charge in [-0.05, 0) is 24.3 Å². The molecule has 5 nitrogen and oxygen atoms in total. The average Bonchev–Trinajstić information content (AvgIpc) is 3.05. The Kier molecular flexibility index (Phi) is 2.19. The van der Waals surface area contributed by atoms with Crippen LogP contribution in [0.2, 0.25) is 0 Å². The molecule has 0 saturated heterocycles. The van der Waals surface area contributed by atoms with Crippen LogP contribution in [0.15, 0.2) is 11.4 Å². The van der Waals surface area contributed by atoms with E-state index in [4.69, 9.17) is 5.84 Å². The summed E-state index contributed by atoms with van der Waals surface area (Å²) in [5.74, 6) is 6.84. The van der Waals surface area contributed by atoms with Gasteiger partial charge in [-0.3, -0.25) is 5.43 Å². The third-order valence-electron chi connectivity index (χ3n) is 2.86. The number of thiophene rings is 1. The molecular formula is C10H13N5S. The molecule has 0 amide bonds. The van der Waals surface area contributed by atoms with E-state index in [2.05, 4.69) is 33.4 Å². The van der Waals surface area contributed by atoms with Crippen LogP contribution in [0.4, 0.5) is 11.8 Å². The van der Waals surface area contributed by atoms with E-state index in [0.717, 1.165) is 16.0 Å². The van der Waals surface area contributed by atoms with Crippen LogP contribution in [-0.4, -0.2) is 23.1 Å². The average molecular weight is 235 g/mol. The minimum Gasteiger partial charge on any atom is -0.356 e. The fourth-order valence-electron chi connectivity index (χ4n) is 1.81. The highest BCUT2D eigenvalue weighted by Gasteiger charge is 2.28. The van der Waals surface area contributed by atoms with Crippen molar-refractivity contribution in [3.63, 3.8) is 0 Å². The molecule has 84 valence electrons. The lowest BCUT2D eigenvalue weighted by Crippen LogP contribution is -2.22. The van der Waals surface area contributed by atoms with Crippen molar-refractivity contribution in [2.45, 2.75) is 18.9 Å². The lowest BCUT2D eigenvalue weighted by molar-refractivity contribution is 0.895. The maximum absolute atomic E-state index is 5.38. The number of nitrogen functional groups attached to an aromatic ring is 1. The normalized spacial score (nSPS) is 15.4. The predicted octanol–water partition coefficient (Wildman–Crippen LogP) is 1.58. The molecule has 1 aliphatic rings. The zero-order valence-electron chi connectivity index (χ0n) is 8.97. The molecule has 0 radical (unpaired) electrons. The predicted molar refractivity (Wildman–Crippen MR) is 66.7 cm³/mol. The molecule has 0 unspecified atom stereocenters. The van der Waals surface area contributed by atoms with Crippen LogP contribution in [-0.2, 0) is 0 Å². The van der Waals surface area contributed by atoms with Gasteiger partial charge in [-0.15, -0.1) is 11.3 Å². The molecule has 0 spiro atoms. The fourth-order valence-corrected chi connectivity index (χ4v) is 2.57. The van der Waals surface area contributed by atoms with Crippen molar-refractivity contribution < 1.29 is 0 Å². The SMILES string of the molecule is CN(c1nc(NN)nc2sccc12)C1CC1. The molecule has 0 atom stereocenters. The van der Waals surface area contributed by atoms with E-state index in [-0.39, 0.29) is 0 Å². The Bertz CT molecular complexity index is 519. The van der Waals surface area contributed by atoms with Gasteiger partial charge in [0.15, 0.2) is 0 Å². The quantitative estimate of drug-likeness (QED) is 0.624. The van der Waals surface area contributed by atoms with Crippen LogP contribution < -0.4 is 16.2 Å². The second kappa shape index (κ2) is 3.57. The van der Waals surface area contributed by atoms with Crippen molar-refractivity contribution in [2.75, 3.05) is 17.4 Å². The molecule has 3 N–H and O–H groups in total. The third-order valence-corrected chi connectivity index (χ3v) is 3.67. The number of rotatable bonds is 3. The number of hydrazine groups is 1. The lowest BCUT2D eigenvalue weighted by atomic mass is 10.3. The van der Waals surface area contributed by atoms with Gasteiger partial charge in [0.1, 0.15) is 10.6 Å². The van der Waals surface area contributed by atoms with E-state index in [9.17, 15) is 0 Å². The third kappa shape index (κ3) is 1.50. The number of fused-ring (bicyclic) bond motifs is 1. The van der Waals surface area contributed by atoms with Crippen molar-refractivity contribution in [1.29, 1.82) is 0 Å². The highest BCUT2D eigenvalue weighted by atomic mass is 32.1. The number of nitrogens with zero attached hydrogens (tertiary/aromatic N) is 3. The van der Waals surface area contributed by atoms with Gasteiger partial charge in [0.2, 0.25) is 5.95 Å². The van der Waals surface area contributed by atoms with E-state index >= 15 is 0 Å². The van der Waals surface area contributed by atoms with Crippen LogP contribution in [0, 0.1) is 0 Å². The summed E-state index contributed by atoms with van der Waals surface area (Å²) in [6.45, 7) is 0. The summed E-state index contributed by atoms with van der Waals surface area (Å²) in [5, 5.41) is 3.14. The molecule has 2 aromatic rings. The van der Waals surface area contributed by atoms with E-state index in [0.29, 0.717) is 12.0 Å². The summed E-state index contributed by atoms with van der Waals surface area (Å²) < 4.78 is 0. The molecule has 3 rings (SSSR count). The summed E-state index contributed by atoms with van der Waals surface area (Å²) >= 11 is 1.61.